The number of carbonyl (C=O) groups excluding carboxylic acids is 1. The summed E-state index contributed by atoms with van der Waals surface area (Å²) in [5.74, 6) is 0.293. The molecule has 1 N–H and O–H groups in total. The van der Waals surface area contributed by atoms with Crippen molar-refractivity contribution in [2.75, 3.05) is 24.8 Å². The van der Waals surface area contributed by atoms with Crippen molar-refractivity contribution < 1.29 is 22.7 Å². The van der Waals surface area contributed by atoms with E-state index in [0.29, 0.717) is 33.6 Å². The van der Waals surface area contributed by atoms with Gasteiger partial charge in [0.1, 0.15) is 36.4 Å². The van der Waals surface area contributed by atoms with Gasteiger partial charge in [-0.05, 0) is 48.0 Å². The fourth-order valence-electron chi connectivity index (χ4n) is 2.46. The number of ether oxygens (including phenoxy) is 2. The first-order valence-corrected chi connectivity index (χ1v) is 12.9. The van der Waals surface area contributed by atoms with E-state index in [0.717, 1.165) is 6.26 Å². The molecule has 0 aliphatic carbocycles. The molecule has 0 aliphatic rings. The number of aromatic nitrogens is 2. The second-order valence-corrected chi connectivity index (χ2v) is 10.1. The molecule has 3 aromatic rings. The quantitative estimate of drug-likeness (QED) is 0.243. The second kappa shape index (κ2) is 11.3. The summed E-state index contributed by atoms with van der Waals surface area (Å²) >= 11 is 12.8. The maximum Gasteiger partial charge on any atom is 0.268 e. The van der Waals surface area contributed by atoms with Crippen molar-refractivity contribution >= 4 is 61.7 Å². The van der Waals surface area contributed by atoms with Crippen LogP contribution in [0.5, 0.6) is 11.5 Å². The first-order valence-electron chi connectivity index (χ1n) is 9.43. The van der Waals surface area contributed by atoms with Crippen LogP contribution in [0.25, 0.3) is 6.08 Å². The minimum absolute atomic E-state index is 0.0471. The van der Waals surface area contributed by atoms with Gasteiger partial charge in [0.05, 0.1) is 5.02 Å². The van der Waals surface area contributed by atoms with Gasteiger partial charge < -0.3 is 9.47 Å². The molecular weight excluding hydrogens is 523 g/mol. The number of benzene rings is 2. The van der Waals surface area contributed by atoms with Crippen LogP contribution in [-0.4, -0.2) is 43.2 Å². The normalized spacial score (nSPS) is 11.5. The molecule has 9 nitrogen and oxygen atoms in total. The van der Waals surface area contributed by atoms with E-state index >= 15 is 0 Å². The van der Waals surface area contributed by atoms with Gasteiger partial charge in [-0.2, -0.15) is 14.6 Å². The Morgan fingerprint density at radius 3 is 2.50 bits per heavy atom. The molecule has 34 heavy (non-hydrogen) atoms. The molecule has 2 aromatic carbocycles. The van der Waals surface area contributed by atoms with E-state index in [4.69, 9.17) is 32.7 Å². The number of nitriles is 1. The van der Waals surface area contributed by atoms with Crippen LogP contribution in [0.4, 0.5) is 5.13 Å². The Labute approximate surface area is 209 Å². The summed E-state index contributed by atoms with van der Waals surface area (Å²) in [4.78, 5) is 16.1. The van der Waals surface area contributed by atoms with Crippen molar-refractivity contribution in [3.63, 3.8) is 0 Å². The highest BCUT2D eigenvalue weighted by atomic mass is 35.5. The highest BCUT2D eigenvalue weighted by molar-refractivity contribution is 7.90. The second-order valence-electron chi connectivity index (χ2n) is 6.62. The summed E-state index contributed by atoms with van der Waals surface area (Å²) in [7, 11) is -3.61. The number of hydrogen-bond acceptors (Lipinski definition) is 9. The van der Waals surface area contributed by atoms with E-state index in [9.17, 15) is 18.5 Å². The van der Waals surface area contributed by atoms with Crippen LogP contribution in [0.2, 0.25) is 10.0 Å². The van der Waals surface area contributed by atoms with Crippen molar-refractivity contribution in [2.24, 2.45) is 0 Å². The molecular formula is C21H16Cl2N4O5S2. The third kappa shape index (κ3) is 7.16. The predicted molar refractivity (Wildman–Crippen MR) is 129 cm³/mol. The Kier molecular flexibility index (Phi) is 8.46. The molecule has 0 saturated heterocycles. The zero-order valence-electron chi connectivity index (χ0n) is 17.5. The third-order valence-electron chi connectivity index (χ3n) is 4.01. The summed E-state index contributed by atoms with van der Waals surface area (Å²) in [5, 5.41) is 12.2. The molecule has 0 spiro atoms. The van der Waals surface area contributed by atoms with Gasteiger partial charge in [-0.25, -0.2) is 8.42 Å². The molecule has 0 atom stereocenters. The number of nitrogens with one attached hydrogen (secondary N) is 1. The standard InChI is InChI=1S/C21H16Cl2N4O5S2/c1-34(29,30)21-26-20(33-27-21)25-19(28)14(12-24)10-13-2-7-18(17(23)11-13)32-9-8-31-16-5-3-15(22)4-6-16/h2-7,10-11H,8-9H2,1H3,(H,25,26,27,28)/b14-10-. The van der Waals surface area contributed by atoms with E-state index in [1.807, 2.05) is 0 Å². The number of rotatable bonds is 9. The summed E-state index contributed by atoms with van der Waals surface area (Å²) < 4.78 is 37.7. The van der Waals surface area contributed by atoms with Crippen molar-refractivity contribution in [1.82, 2.24) is 9.36 Å². The molecule has 13 heteroatoms. The third-order valence-corrected chi connectivity index (χ3v) is 6.15. The van der Waals surface area contributed by atoms with Gasteiger partial charge in [-0.3, -0.25) is 10.1 Å². The monoisotopic (exact) mass is 538 g/mol. The van der Waals surface area contributed by atoms with Crippen LogP contribution in [0.1, 0.15) is 5.56 Å². The predicted octanol–water partition coefficient (Wildman–Crippen LogP) is 4.25. The Balaban J connectivity index is 1.60. The SMILES string of the molecule is CS(=O)(=O)c1nsc(NC(=O)/C(C#N)=C\c2ccc(OCCOc3ccc(Cl)cc3)c(Cl)c2)n1. The molecule has 0 aliphatic heterocycles. The number of halogens is 2. The van der Waals surface area contributed by atoms with E-state index in [1.165, 1.54) is 12.1 Å². The molecule has 1 aromatic heterocycles. The Morgan fingerprint density at radius 2 is 1.88 bits per heavy atom. The number of amides is 1. The summed E-state index contributed by atoms with van der Waals surface area (Å²) in [6.45, 7) is 0.520. The Bertz CT molecular complexity index is 1370. The van der Waals surface area contributed by atoms with E-state index < -0.39 is 20.9 Å². The van der Waals surface area contributed by atoms with Crippen LogP contribution >= 0.6 is 34.7 Å². The van der Waals surface area contributed by atoms with Crippen LogP contribution in [0, 0.1) is 11.3 Å². The number of hydrogen-bond donors (Lipinski definition) is 1. The zero-order chi connectivity index (χ0) is 24.7. The first kappa shape index (κ1) is 25.5. The maximum atomic E-state index is 12.4. The van der Waals surface area contributed by atoms with E-state index in [-0.39, 0.29) is 28.9 Å². The van der Waals surface area contributed by atoms with Gasteiger partial charge >= 0.3 is 0 Å². The lowest BCUT2D eigenvalue weighted by atomic mass is 10.1. The number of nitrogens with zero attached hydrogens (tertiary/aromatic N) is 3. The molecule has 0 bridgehead atoms. The van der Waals surface area contributed by atoms with Gasteiger partial charge in [0.15, 0.2) is 0 Å². The summed E-state index contributed by atoms with van der Waals surface area (Å²) in [6, 6.07) is 13.5. The van der Waals surface area contributed by atoms with Crippen LogP contribution in [-0.2, 0) is 14.6 Å². The molecule has 0 saturated carbocycles. The molecule has 0 fully saturated rings. The minimum atomic E-state index is -3.61. The van der Waals surface area contributed by atoms with Gasteiger partial charge in [0.2, 0.25) is 15.0 Å². The van der Waals surface area contributed by atoms with Crippen LogP contribution in [0.3, 0.4) is 0 Å². The van der Waals surface area contributed by atoms with Crippen molar-refractivity contribution in [3.05, 3.63) is 63.6 Å². The molecule has 0 radical (unpaired) electrons. The number of carbonyl (C=O) groups is 1. The van der Waals surface area contributed by atoms with Gasteiger partial charge in [0, 0.05) is 22.8 Å². The van der Waals surface area contributed by atoms with Gasteiger partial charge in [-0.1, -0.05) is 29.3 Å². The molecule has 1 heterocycles. The van der Waals surface area contributed by atoms with E-state index in [1.54, 1.807) is 42.5 Å². The lowest BCUT2D eigenvalue weighted by Gasteiger charge is -2.10. The highest BCUT2D eigenvalue weighted by Gasteiger charge is 2.17. The molecule has 176 valence electrons. The smallest absolute Gasteiger partial charge is 0.268 e. The first-order chi connectivity index (χ1) is 16.2. The molecule has 3 rings (SSSR count). The van der Waals surface area contributed by atoms with Gasteiger partial charge in [0.25, 0.3) is 11.1 Å². The maximum absolute atomic E-state index is 12.4. The number of sulfone groups is 1. The fourth-order valence-corrected chi connectivity index (χ4v) is 4.27. The van der Waals surface area contributed by atoms with Crippen molar-refractivity contribution in [2.45, 2.75) is 5.16 Å². The van der Waals surface area contributed by atoms with Crippen molar-refractivity contribution in [1.29, 1.82) is 5.26 Å². The Morgan fingerprint density at radius 1 is 1.18 bits per heavy atom. The lowest BCUT2D eigenvalue weighted by Crippen LogP contribution is -2.13. The average Bonchev–Trinajstić information content (AvgIpc) is 3.26. The number of anilines is 1. The molecule has 0 unspecified atom stereocenters. The lowest BCUT2D eigenvalue weighted by molar-refractivity contribution is -0.112. The average molecular weight is 539 g/mol. The molecule has 1 amide bonds. The Hall–Kier alpha value is -3.17. The summed E-state index contributed by atoms with van der Waals surface area (Å²) in [5.41, 5.74) is 0.243. The van der Waals surface area contributed by atoms with E-state index in [2.05, 4.69) is 14.7 Å². The van der Waals surface area contributed by atoms with Crippen LogP contribution < -0.4 is 14.8 Å². The topological polar surface area (TPSA) is 131 Å². The summed E-state index contributed by atoms with van der Waals surface area (Å²) in [6.07, 6.45) is 2.28. The van der Waals surface area contributed by atoms with Crippen LogP contribution in [0.15, 0.2) is 53.2 Å². The fraction of sp³-hybridized carbons (Fsp3) is 0.143. The largest absolute Gasteiger partial charge is 0.490 e. The highest BCUT2D eigenvalue weighted by Crippen LogP contribution is 2.27. The van der Waals surface area contributed by atoms with Gasteiger partial charge in [-0.15, -0.1) is 0 Å². The van der Waals surface area contributed by atoms with Crippen molar-refractivity contribution in [3.8, 4) is 17.6 Å². The zero-order valence-corrected chi connectivity index (χ0v) is 20.6. The minimum Gasteiger partial charge on any atom is -0.490 e.